The summed E-state index contributed by atoms with van der Waals surface area (Å²) in [5.74, 6) is -19.7. The van der Waals surface area contributed by atoms with E-state index < -0.39 is 53.0 Å². The van der Waals surface area contributed by atoms with Crippen molar-refractivity contribution < 1.29 is 44.7 Å². The van der Waals surface area contributed by atoms with Crippen molar-refractivity contribution in [3.05, 3.63) is 0 Å². The van der Waals surface area contributed by atoms with Gasteiger partial charge in [-0.2, -0.15) is 26.3 Å². The molecule has 0 N–H and O–H groups in total. The summed E-state index contributed by atoms with van der Waals surface area (Å²) in [4.78, 5) is 12.4. The molecule has 0 saturated carbocycles. The quantitative estimate of drug-likeness (QED) is 0.367. The molecular formula is C17H26F8O2. The van der Waals surface area contributed by atoms with Gasteiger partial charge in [0, 0.05) is 0 Å². The number of alkyl halides is 8. The van der Waals surface area contributed by atoms with E-state index in [0.717, 1.165) is 0 Å². The third-order valence-electron chi connectivity index (χ3n) is 4.53. The first-order valence-electron chi connectivity index (χ1n) is 8.12. The molecule has 0 aromatic heterocycles. The maximum atomic E-state index is 13.6. The molecule has 0 bridgehead atoms. The molecule has 0 aromatic carbocycles. The highest BCUT2D eigenvalue weighted by molar-refractivity contribution is 5.77. The van der Waals surface area contributed by atoms with Gasteiger partial charge in [-0.15, -0.1) is 0 Å². The number of carbonyl (C=O) groups excluding carboxylic acids is 1. The summed E-state index contributed by atoms with van der Waals surface area (Å²) in [5.41, 5.74) is -2.78. The van der Waals surface area contributed by atoms with Crippen LogP contribution in [0.2, 0.25) is 0 Å². The maximum absolute atomic E-state index is 13.6. The van der Waals surface area contributed by atoms with E-state index in [1.807, 2.05) is 0 Å². The molecule has 0 amide bonds. The molecule has 162 valence electrons. The smallest absolute Gasteiger partial charge is 0.381 e. The lowest BCUT2D eigenvalue weighted by Crippen LogP contribution is -2.59. The van der Waals surface area contributed by atoms with Crippen LogP contribution in [0.5, 0.6) is 0 Å². The number of esters is 1. The summed E-state index contributed by atoms with van der Waals surface area (Å²) >= 11 is 0. The fraction of sp³-hybridized carbons (Fsp3) is 0.941. The summed E-state index contributed by atoms with van der Waals surface area (Å²) in [6.45, 7) is 8.96. The van der Waals surface area contributed by atoms with Crippen LogP contribution >= 0.6 is 0 Å². The molecular weight excluding hydrogens is 388 g/mol. The Morgan fingerprint density at radius 3 is 1.56 bits per heavy atom. The minimum Gasteiger partial charge on any atom is -0.459 e. The standard InChI is InChI=1S/C17H26F8O2/c1-12(2,3)8-14(7,13(4,5)6)11(26)27-9-15(20,21)17(24,25)16(22,23)10(18)19/h10H,8-9H2,1-7H3. The van der Waals surface area contributed by atoms with Crippen molar-refractivity contribution in [3.8, 4) is 0 Å². The van der Waals surface area contributed by atoms with Crippen molar-refractivity contribution in [1.29, 1.82) is 0 Å². The van der Waals surface area contributed by atoms with Crippen LogP contribution in [0.3, 0.4) is 0 Å². The van der Waals surface area contributed by atoms with Crippen LogP contribution < -0.4 is 0 Å². The Labute approximate surface area is 153 Å². The van der Waals surface area contributed by atoms with Crippen LogP contribution in [0.1, 0.15) is 54.9 Å². The lowest BCUT2D eigenvalue weighted by atomic mass is 9.61. The molecule has 1 atom stereocenters. The van der Waals surface area contributed by atoms with Gasteiger partial charge >= 0.3 is 30.2 Å². The Kier molecular flexibility index (Phi) is 7.09. The third-order valence-corrected chi connectivity index (χ3v) is 4.53. The highest BCUT2D eigenvalue weighted by atomic mass is 19.4. The second kappa shape index (κ2) is 7.39. The fourth-order valence-electron chi connectivity index (χ4n) is 2.49. The van der Waals surface area contributed by atoms with E-state index >= 15 is 0 Å². The molecule has 0 spiro atoms. The van der Waals surface area contributed by atoms with Crippen molar-refractivity contribution in [3.63, 3.8) is 0 Å². The van der Waals surface area contributed by atoms with Gasteiger partial charge in [0.1, 0.15) is 0 Å². The van der Waals surface area contributed by atoms with E-state index in [0.29, 0.717) is 0 Å². The number of hydrogen-bond acceptors (Lipinski definition) is 2. The molecule has 1 unspecified atom stereocenters. The lowest BCUT2D eigenvalue weighted by Gasteiger charge is -2.43. The van der Waals surface area contributed by atoms with Gasteiger partial charge in [-0.05, 0) is 24.2 Å². The predicted octanol–water partition coefficient (Wildman–Crippen LogP) is 6.19. The third kappa shape index (κ3) is 5.25. The second-order valence-corrected chi connectivity index (χ2v) is 9.10. The molecule has 2 nitrogen and oxygen atoms in total. The van der Waals surface area contributed by atoms with Crippen LogP contribution in [0.25, 0.3) is 0 Å². The molecule has 27 heavy (non-hydrogen) atoms. The van der Waals surface area contributed by atoms with Crippen molar-refractivity contribution in [2.24, 2.45) is 16.2 Å². The SMILES string of the molecule is CC(C)(C)CC(C)(C(=O)OCC(F)(F)C(F)(F)C(F)(F)C(F)F)C(C)(C)C. The van der Waals surface area contributed by atoms with Crippen LogP contribution in [0, 0.1) is 16.2 Å². The topological polar surface area (TPSA) is 26.3 Å². The van der Waals surface area contributed by atoms with Gasteiger partial charge in [-0.25, -0.2) is 8.78 Å². The zero-order chi connectivity index (χ0) is 22.3. The van der Waals surface area contributed by atoms with Crippen LogP contribution in [0.4, 0.5) is 35.1 Å². The van der Waals surface area contributed by atoms with Crippen molar-refractivity contribution >= 4 is 5.97 Å². The average Bonchev–Trinajstić information content (AvgIpc) is 2.40. The summed E-state index contributed by atoms with van der Waals surface area (Å²) in [6, 6.07) is 0. The van der Waals surface area contributed by atoms with E-state index in [4.69, 9.17) is 0 Å². The first-order valence-corrected chi connectivity index (χ1v) is 8.12. The molecule has 0 heterocycles. The molecule has 0 aliphatic rings. The van der Waals surface area contributed by atoms with Gasteiger partial charge in [0.05, 0.1) is 5.41 Å². The first-order chi connectivity index (χ1) is 11.5. The first kappa shape index (κ1) is 25.9. The van der Waals surface area contributed by atoms with Gasteiger partial charge in [0.2, 0.25) is 0 Å². The van der Waals surface area contributed by atoms with E-state index in [2.05, 4.69) is 4.74 Å². The highest BCUT2D eigenvalue weighted by Gasteiger charge is 2.75. The van der Waals surface area contributed by atoms with Gasteiger partial charge in [0.25, 0.3) is 0 Å². The monoisotopic (exact) mass is 414 g/mol. The summed E-state index contributed by atoms with van der Waals surface area (Å²) < 4.78 is 108. The van der Waals surface area contributed by atoms with E-state index in [-0.39, 0.29) is 6.42 Å². The zero-order valence-electron chi connectivity index (χ0n) is 16.3. The van der Waals surface area contributed by atoms with Crippen LogP contribution in [0.15, 0.2) is 0 Å². The molecule has 0 aliphatic carbocycles. The van der Waals surface area contributed by atoms with Gasteiger partial charge < -0.3 is 4.74 Å². The molecule has 0 saturated heterocycles. The van der Waals surface area contributed by atoms with Gasteiger partial charge in [-0.3, -0.25) is 4.79 Å². The molecule has 0 aliphatic heterocycles. The predicted molar refractivity (Wildman–Crippen MR) is 83.4 cm³/mol. The summed E-state index contributed by atoms with van der Waals surface area (Å²) in [7, 11) is 0. The molecule has 10 heteroatoms. The minimum absolute atomic E-state index is 0.109. The van der Waals surface area contributed by atoms with E-state index in [9.17, 15) is 39.9 Å². The number of rotatable bonds is 7. The Morgan fingerprint density at radius 2 is 1.26 bits per heavy atom. The van der Waals surface area contributed by atoms with Crippen molar-refractivity contribution in [1.82, 2.24) is 0 Å². The van der Waals surface area contributed by atoms with Gasteiger partial charge in [0.15, 0.2) is 6.61 Å². The lowest BCUT2D eigenvalue weighted by molar-refractivity contribution is -0.344. The molecule has 0 radical (unpaired) electrons. The second-order valence-electron chi connectivity index (χ2n) is 9.10. The summed E-state index contributed by atoms with van der Waals surface area (Å²) in [6.07, 6.45) is -4.91. The maximum Gasteiger partial charge on any atom is 0.381 e. The van der Waals surface area contributed by atoms with Crippen LogP contribution in [-0.2, 0) is 9.53 Å². The normalized spacial score (nSPS) is 17.0. The van der Waals surface area contributed by atoms with Crippen LogP contribution in [-0.4, -0.2) is 36.8 Å². The number of halogens is 8. The Bertz CT molecular complexity index is 532. The highest BCUT2D eigenvalue weighted by Crippen LogP contribution is 2.50. The Balaban J connectivity index is 5.62. The Hall–Kier alpha value is -1.09. The van der Waals surface area contributed by atoms with Gasteiger partial charge in [-0.1, -0.05) is 41.5 Å². The number of carbonyl (C=O) groups is 1. The van der Waals surface area contributed by atoms with E-state index in [1.54, 1.807) is 41.5 Å². The number of hydrogen-bond donors (Lipinski definition) is 0. The fourth-order valence-corrected chi connectivity index (χ4v) is 2.49. The van der Waals surface area contributed by atoms with Crippen molar-refractivity contribution in [2.75, 3.05) is 6.61 Å². The zero-order valence-corrected chi connectivity index (χ0v) is 16.3. The average molecular weight is 414 g/mol. The molecule has 0 aromatic rings. The van der Waals surface area contributed by atoms with E-state index in [1.165, 1.54) is 6.92 Å². The Morgan fingerprint density at radius 1 is 0.852 bits per heavy atom. The minimum atomic E-state index is -6.41. The molecule has 0 rings (SSSR count). The summed E-state index contributed by atoms with van der Waals surface area (Å²) in [5, 5.41) is 0. The molecule has 0 fully saturated rings. The number of ether oxygens (including phenoxy) is 1. The van der Waals surface area contributed by atoms with Crippen molar-refractivity contribution in [2.45, 2.75) is 79.1 Å². The largest absolute Gasteiger partial charge is 0.459 e.